The van der Waals surface area contributed by atoms with Gasteiger partial charge in [-0.15, -0.1) is 0 Å². The Bertz CT molecular complexity index is 431. The lowest BCUT2D eigenvalue weighted by molar-refractivity contribution is 0.600. The van der Waals surface area contributed by atoms with Crippen LogP contribution in [0.4, 0.5) is 5.69 Å². The summed E-state index contributed by atoms with van der Waals surface area (Å²) in [5.41, 5.74) is 1.51. The summed E-state index contributed by atoms with van der Waals surface area (Å²) in [5, 5.41) is 2.98. The molecule has 0 fully saturated rings. The molecule has 1 rings (SSSR count). The second-order valence-corrected chi connectivity index (χ2v) is 5.28. The Morgan fingerprint density at radius 3 is 2.73 bits per heavy atom. The molecule has 0 saturated heterocycles. The zero-order chi connectivity index (χ0) is 11.5. The van der Waals surface area contributed by atoms with Crippen molar-refractivity contribution in [2.45, 2.75) is 6.54 Å². The molecule has 0 spiro atoms. The second kappa shape index (κ2) is 4.59. The molecule has 15 heavy (non-hydrogen) atoms. The van der Waals surface area contributed by atoms with Gasteiger partial charge in [0.25, 0.3) is 0 Å². The molecule has 84 valence electrons. The first-order valence-electron chi connectivity index (χ1n) is 4.48. The van der Waals surface area contributed by atoms with Crippen molar-refractivity contribution >= 4 is 15.7 Å². The first-order valence-corrected chi connectivity index (χ1v) is 6.33. The third-order valence-electron chi connectivity index (χ3n) is 2.09. The van der Waals surface area contributed by atoms with Gasteiger partial charge >= 0.3 is 0 Å². The number of hydrogen-bond acceptors (Lipinski definition) is 4. The van der Waals surface area contributed by atoms with E-state index < -0.39 is 10.0 Å². The predicted molar refractivity (Wildman–Crippen MR) is 60.2 cm³/mol. The Hall–Kier alpha value is -1.14. The topological polar surface area (TPSA) is 62.3 Å². The number of nitrogens with zero attached hydrogens (tertiary/aromatic N) is 2. The summed E-state index contributed by atoms with van der Waals surface area (Å²) >= 11 is 0. The van der Waals surface area contributed by atoms with Gasteiger partial charge in [0.05, 0.1) is 18.1 Å². The van der Waals surface area contributed by atoms with Crippen LogP contribution in [-0.4, -0.2) is 33.8 Å². The van der Waals surface area contributed by atoms with Gasteiger partial charge in [-0.25, -0.2) is 8.42 Å². The second-order valence-electron chi connectivity index (χ2n) is 3.27. The molecule has 6 heteroatoms. The summed E-state index contributed by atoms with van der Waals surface area (Å²) in [4.78, 5) is 3.93. The van der Waals surface area contributed by atoms with Crippen molar-refractivity contribution in [1.29, 1.82) is 0 Å². The highest BCUT2D eigenvalue weighted by molar-refractivity contribution is 7.92. The minimum Gasteiger partial charge on any atom is -0.316 e. The van der Waals surface area contributed by atoms with E-state index in [-0.39, 0.29) is 0 Å². The van der Waals surface area contributed by atoms with Gasteiger partial charge < -0.3 is 5.32 Å². The molecule has 0 radical (unpaired) electrons. The maximum Gasteiger partial charge on any atom is 0.232 e. The molecule has 1 heterocycles. The summed E-state index contributed by atoms with van der Waals surface area (Å²) in [7, 11) is 0.0984. The van der Waals surface area contributed by atoms with E-state index >= 15 is 0 Å². The van der Waals surface area contributed by atoms with Crippen LogP contribution >= 0.6 is 0 Å². The van der Waals surface area contributed by atoms with E-state index in [0.29, 0.717) is 12.2 Å². The number of pyridine rings is 1. The Morgan fingerprint density at radius 2 is 2.20 bits per heavy atom. The summed E-state index contributed by atoms with van der Waals surface area (Å²) in [6, 6.07) is 1.80. The highest BCUT2D eigenvalue weighted by Crippen LogP contribution is 2.19. The van der Waals surface area contributed by atoms with E-state index in [2.05, 4.69) is 10.3 Å². The van der Waals surface area contributed by atoms with E-state index in [9.17, 15) is 8.42 Å². The van der Waals surface area contributed by atoms with Gasteiger partial charge in [0, 0.05) is 19.8 Å². The number of sulfonamides is 1. The van der Waals surface area contributed by atoms with Gasteiger partial charge in [-0.3, -0.25) is 9.29 Å². The fourth-order valence-electron chi connectivity index (χ4n) is 1.22. The number of nitrogens with one attached hydrogen (secondary N) is 1. The Labute approximate surface area is 90.2 Å². The molecule has 1 aromatic heterocycles. The summed E-state index contributed by atoms with van der Waals surface area (Å²) < 4.78 is 24.0. The first-order chi connectivity index (χ1) is 6.96. The molecule has 0 bridgehead atoms. The fourth-order valence-corrected chi connectivity index (χ4v) is 1.74. The van der Waals surface area contributed by atoms with Crippen molar-refractivity contribution in [3.8, 4) is 0 Å². The number of anilines is 1. The largest absolute Gasteiger partial charge is 0.316 e. The molecule has 0 saturated carbocycles. The smallest absolute Gasteiger partial charge is 0.232 e. The van der Waals surface area contributed by atoms with Crippen LogP contribution in [0.25, 0.3) is 0 Å². The van der Waals surface area contributed by atoms with Gasteiger partial charge in [0.15, 0.2) is 0 Å². The molecule has 0 aromatic carbocycles. The van der Waals surface area contributed by atoms with Gasteiger partial charge in [-0.2, -0.15) is 0 Å². The van der Waals surface area contributed by atoms with Crippen molar-refractivity contribution in [3.63, 3.8) is 0 Å². The number of rotatable bonds is 4. The van der Waals surface area contributed by atoms with E-state index in [0.717, 1.165) is 5.56 Å². The van der Waals surface area contributed by atoms with Crippen LogP contribution in [0.5, 0.6) is 0 Å². The molecular weight excluding hydrogens is 214 g/mol. The zero-order valence-electron chi connectivity index (χ0n) is 9.06. The van der Waals surface area contributed by atoms with Crippen molar-refractivity contribution < 1.29 is 8.42 Å². The molecule has 1 N–H and O–H groups in total. The lowest BCUT2D eigenvalue weighted by Gasteiger charge is -2.19. The van der Waals surface area contributed by atoms with Crippen LogP contribution in [0, 0.1) is 0 Å². The first kappa shape index (κ1) is 11.9. The normalized spacial score (nSPS) is 11.4. The van der Waals surface area contributed by atoms with Crippen molar-refractivity contribution in [3.05, 3.63) is 24.0 Å². The van der Waals surface area contributed by atoms with Gasteiger partial charge in [0.2, 0.25) is 10.0 Å². The van der Waals surface area contributed by atoms with Crippen LogP contribution in [0.3, 0.4) is 0 Å². The quantitative estimate of drug-likeness (QED) is 0.801. The fraction of sp³-hybridized carbons (Fsp3) is 0.444. The Balaban J connectivity index is 3.13. The Morgan fingerprint density at radius 1 is 1.53 bits per heavy atom. The van der Waals surface area contributed by atoms with Crippen LogP contribution in [-0.2, 0) is 16.6 Å². The molecule has 0 amide bonds. The van der Waals surface area contributed by atoms with E-state index in [4.69, 9.17) is 0 Å². The molecule has 0 aliphatic heterocycles. The van der Waals surface area contributed by atoms with E-state index in [1.807, 2.05) is 7.05 Å². The maximum atomic E-state index is 11.4. The molecule has 0 aliphatic rings. The third kappa shape index (κ3) is 2.90. The average Bonchev–Trinajstić information content (AvgIpc) is 2.17. The minimum atomic E-state index is -3.23. The van der Waals surface area contributed by atoms with Crippen LogP contribution < -0.4 is 9.62 Å². The highest BCUT2D eigenvalue weighted by Gasteiger charge is 2.15. The molecule has 1 aromatic rings. The van der Waals surface area contributed by atoms with Crippen LogP contribution in [0.15, 0.2) is 18.5 Å². The maximum absolute atomic E-state index is 11.4. The minimum absolute atomic E-state index is 0.606. The summed E-state index contributed by atoms with van der Waals surface area (Å²) in [6.07, 6.45) is 4.36. The monoisotopic (exact) mass is 229 g/mol. The lowest BCUT2D eigenvalue weighted by Crippen LogP contribution is -2.26. The lowest BCUT2D eigenvalue weighted by atomic mass is 10.2. The molecule has 0 aliphatic carbocycles. The van der Waals surface area contributed by atoms with E-state index in [1.54, 1.807) is 18.5 Å². The van der Waals surface area contributed by atoms with Crippen molar-refractivity contribution in [2.75, 3.05) is 24.7 Å². The standard InChI is InChI=1S/C9H15N3O2S/c1-10-6-8-4-5-11-7-9(8)12(2)15(3,13)14/h4-5,7,10H,6H2,1-3H3. The molecule has 0 unspecified atom stereocenters. The predicted octanol–water partition coefficient (Wildman–Crippen LogP) is 0.197. The highest BCUT2D eigenvalue weighted by atomic mass is 32.2. The molecular formula is C9H15N3O2S. The van der Waals surface area contributed by atoms with Crippen LogP contribution in [0.2, 0.25) is 0 Å². The average molecular weight is 229 g/mol. The zero-order valence-corrected chi connectivity index (χ0v) is 9.87. The summed E-state index contributed by atoms with van der Waals surface area (Å²) in [5.74, 6) is 0. The SMILES string of the molecule is CNCc1ccncc1N(C)S(C)(=O)=O. The van der Waals surface area contributed by atoms with E-state index in [1.165, 1.54) is 17.6 Å². The Kier molecular flexibility index (Phi) is 3.65. The van der Waals surface area contributed by atoms with Crippen molar-refractivity contribution in [2.24, 2.45) is 0 Å². The third-order valence-corrected chi connectivity index (χ3v) is 3.28. The molecule has 5 nitrogen and oxygen atoms in total. The van der Waals surface area contributed by atoms with Gasteiger partial charge in [-0.05, 0) is 18.7 Å². The van der Waals surface area contributed by atoms with Crippen molar-refractivity contribution in [1.82, 2.24) is 10.3 Å². The molecule has 0 atom stereocenters. The summed E-state index contributed by atoms with van der Waals surface area (Å²) in [6.45, 7) is 0.609. The number of hydrogen-bond donors (Lipinski definition) is 1. The van der Waals surface area contributed by atoms with Crippen LogP contribution in [0.1, 0.15) is 5.56 Å². The number of aromatic nitrogens is 1. The van der Waals surface area contributed by atoms with Gasteiger partial charge in [0.1, 0.15) is 0 Å². The van der Waals surface area contributed by atoms with Gasteiger partial charge in [-0.1, -0.05) is 0 Å².